The van der Waals surface area contributed by atoms with Crippen molar-refractivity contribution >= 4 is 42.1 Å². The number of anilines is 1. The Morgan fingerprint density at radius 3 is 2.44 bits per heavy atom. The summed E-state index contributed by atoms with van der Waals surface area (Å²) in [6, 6.07) is 28.5. The van der Waals surface area contributed by atoms with E-state index in [4.69, 9.17) is 8.84 Å². The number of aromatic hydroxyl groups is 1. The molecule has 2 aromatic heterocycles. The molecule has 4 N–H and O–H groups in total. The van der Waals surface area contributed by atoms with E-state index in [1.165, 1.54) is 6.07 Å². The summed E-state index contributed by atoms with van der Waals surface area (Å²) >= 11 is 0. The first-order valence-corrected chi connectivity index (χ1v) is 24.4. The molecule has 5 heterocycles. The van der Waals surface area contributed by atoms with Crippen LogP contribution in [0.5, 0.6) is 5.75 Å². The lowest BCUT2D eigenvalue weighted by molar-refractivity contribution is 0.0837. The average molecular weight is 844 g/mol. The van der Waals surface area contributed by atoms with E-state index in [0.29, 0.717) is 60.7 Å². The number of amides is 1. The number of aromatic nitrogens is 2. The number of pyridine rings is 1. The van der Waals surface area contributed by atoms with Crippen LogP contribution in [-0.2, 0) is 23.9 Å². The van der Waals surface area contributed by atoms with Gasteiger partial charge in [-0.25, -0.2) is 9.59 Å². The van der Waals surface area contributed by atoms with E-state index >= 15 is 0 Å². The highest BCUT2D eigenvalue weighted by molar-refractivity contribution is 6.74. The van der Waals surface area contributed by atoms with Gasteiger partial charge in [0, 0.05) is 43.2 Å². The Morgan fingerprint density at radius 2 is 1.74 bits per heavy atom. The van der Waals surface area contributed by atoms with Gasteiger partial charge in [0.25, 0.3) is 0 Å². The number of carbonyl (C=O) groups is 1. The molecule has 320 valence electrons. The van der Waals surface area contributed by atoms with Crippen molar-refractivity contribution in [2.24, 2.45) is 5.92 Å². The van der Waals surface area contributed by atoms with E-state index in [-0.39, 0.29) is 28.5 Å². The van der Waals surface area contributed by atoms with Crippen LogP contribution < -0.4 is 21.5 Å². The molecule has 2 bridgehead atoms. The lowest BCUT2D eigenvalue weighted by Crippen LogP contribution is -2.59. The number of piperidine rings is 3. The number of oxazole rings is 1. The minimum absolute atomic E-state index is 0.00478. The van der Waals surface area contributed by atoms with Crippen molar-refractivity contribution in [2.75, 3.05) is 31.1 Å². The lowest BCUT2D eigenvalue weighted by Gasteiger charge is -2.48. The first-order valence-electron chi connectivity index (χ1n) is 21.5. The summed E-state index contributed by atoms with van der Waals surface area (Å²) in [6.45, 7) is 15.2. The molecule has 0 spiro atoms. The molecular weight excluding hydrogens is 787 g/mol. The Bertz CT molecular complexity index is 2660. The van der Waals surface area contributed by atoms with Gasteiger partial charge in [-0.1, -0.05) is 75.4 Å². The second-order valence-corrected chi connectivity index (χ2v) is 23.0. The van der Waals surface area contributed by atoms with Gasteiger partial charge in [0.05, 0.1) is 28.9 Å². The van der Waals surface area contributed by atoms with Gasteiger partial charge in [0.2, 0.25) is 5.56 Å². The van der Waals surface area contributed by atoms with Gasteiger partial charge < -0.3 is 34.3 Å². The molecular formula is C48H57N5O7Si. The highest BCUT2D eigenvalue weighted by Gasteiger charge is 2.41. The summed E-state index contributed by atoms with van der Waals surface area (Å²) in [6.07, 6.45) is 2.00. The highest BCUT2D eigenvalue weighted by Crippen LogP contribution is 2.42. The molecule has 12 nitrogen and oxygen atoms in total. The van der Waals surface area contributed by atoms with Gasteiger partial charge in [-0.05, 0) is 115 Å². The monoisotopic (exact) mass is 843 g/mol. The topological polar surface area (TPSA) is 153 Å². The van der Waals surface area contributed by atoms with Crippen LogP contribution in [0.15, 0.2) is 105 Å². The number of nitrogens with one attached hydrogen (secondary N) is 2. The highest BCUT2D eigenvalue weighted by atomic mass is 28.4. The number of aromatic amines is 1. The van der Waals surface area contributed by atoms with Crippen molar-refractivity contribution in [1.29, 1.82) is 0 Å². The number of nitrogens with zero attached hydrogens (tertiary/aromatic N) is 3. The zero-order chi connectivity index (χ0) is 43.1. The molecule has 0 radical (unpaired) electrons. The van der Waals surface area contributed by atoms with Crippen LogP contribution in [-0.4, -0.2) is 71.3 Å². The van der Waals surface area contributed by atoms with Crippen LogP contribution in [0, 0.1) is 5.92 Å². The van der Waals surface area contributed by atoms with Crippen LogP contribution in [0.2, 0.25) is 18.1 Å². The molecule has 3 fully saturated rings. The van der Waals surface area contributed by atoms with Crippen molar-refractivity contribution in [3.05, 3.63) is 129 Å². The molecule has 0 unspecified atom stereocenters. The van der Waals surface area contributed by atoms with Crippen molar-refractivity contribution in [3.8, 4) is 16.9 Å². The fourth-order valence-corrected chi connectivity index (χ4v) is 10.2. The van der Waals surface area contributed by atoms with Gasteiger partial charge in [-0.15, -0.1) is 0 Å². The van der Waals surface area contributed by atoms with Crippen molar-refractivity contribution in [2.45, 2.75) is 89.8 Å². The maximum Gasteiger partial charge on any atom is 0.419 e. The molecule has 6 aromatic rings. The van der Waals surface area contributed by atoms with Gasteiger partial charge in [0.15, 0.2) is 13.9 Å². The molecule has 61 heavy (non-hydrogen) atoms. The second-order valence-electron chi connectivity index (χ2n) is 18.3. The number of rotatable bonds is 14. The Morgan fingerprint density at radius 1 is 0.984 bits per heavy atom. The zero-order valence-electron chi connectivity index (χ0n) is 35.7. The van der Waals surface area contributed by atoms with Crippen LogP contribution >= 0.6 is 0 Å². The number of aryl methyl sites for hydroxylation is 2. The SMILES string of the molecule is CC(C)(C)[Si](C)(C)O[C@@H](CNCc1ccc2oc(=O)n(CCCc3ccc(-c4ccccc4)c(N(C(=O)O)[C@H]4CN5CCC4CC5)c3)c2c1)c1ccc(O)c2[nH]c(=O)ccc12. The number of hydrogen-bond donors (Lipinski definition) is 4. The maximum absolute atomic E-state index is 13.2. The Hall–Kier alpha value is -5.47. The van der Waals surface area contributed by atoms with Crippen LogP contribution in [0.1, 0.15) is 62.8 Å². The first kappa shape index (κ1) is 42.2. The van der Waals surface area contributed by atoms with E-state index in [0.717, 1.165) is 65.7 Å². The van der Waals surface area contributed by atoms with E-state index in [1.54, 1.807) is 21.6 Å². The standard InChI is InChI=1S/C48H57N5O7Si/c1-48(2,3)61(4,5)60-43(36-16-18-41(54)45-37(36)17-20-44(55)50-45)29-49-28-32-14-19-42-39(27-32)52(47(58)59-42)23-9-10-31-13-15-35(33-11-7-6-8-12-33)38(26-31)53(46(56)57)40-30-51-24-21-34(40)22-25-51/h6-8,11-20,26-27,34,40,43,49,54H,9-10,21-25,28-30H2,1-5H3,(H,50,55)(H,56,57)/t40-,43-/m0/s1. The number of hydrogen-bond acceptors (Lipinski definition) is 8. The van der Waals surface area contributed by atoms with Crippen LogP contribution in [0.4, 0.5) is 10.5 Å². The fourth-order valence-electron chi connectivity index (χ4n) is 8.95. The largest absolute Gasteiger partial charge is 0.506 e. The summed E-state index contributed by atoms with van der Waals surface area (Å²) in [7, 11) is -2.27. The minimum atomic E-state index is -2.27. The van der Waals surface area contributed by atoms with E-state index < -0.39 is 20.2 Å². The first-order chi connectivity index (χ1) is 29.2. The van der Waals surface area contributed by atoms with Gasteiger partial charge in [0.1, 0.15) is 5.75 Å². The number of carboxylic acid groups (broad SMARTS) is 1. The molecule has 3 aliphatic heterocycles. The molecule has 13 heteroatoms. The Labute approximate surface area is 356 Å². The van der Waals surface area contributed by atoms with Crippen molar-refractivity contribution in [3.63, 3.8) is 0 Å². The number of phenols is 1. The third kappa shape index (κ3) is 8.83. The molecule has 3 aliphatic rings. The summed E-state index contributed by atoms with van der Waals surface area (Å²) in [5.74, 6) is -0.0795. The van der Waals surface area contributed by atoms with Crippen molar-refractivity contribution in [1.82, 2.24) is 19.8 Å². The third-order valence-electron chi connectivity index (χ3n) is 13.3. The second kappa shape index (κ2) is 17.1. The predicted octanol–water partition coefficient (Wildman–Crippen LogP) is 8.87. The molecule has 0 aliphatic carbocycles. The lowest BCUT2D eigenvalue weighted by atomic mass is 9.82. The Balaban J connectivity index is 1.00. The van der Waals surface area contributed by atoms with Crippen molar-refractivity contribution < 1.29 is 23.9 Å². The maximum atomic E-state index is 13.2. The molecule has 4 aromatic carbocycles. The molecule has 2 atom stereocenters. The van der Waals surface area contributed by atoms with Crippen LogP contribution in [0.25, 0.3) is 33.1 Å². The fraction of sp³-hybridized carbons (Fsp3) is 0.396. The van der Waals surface area contributed by atoms with E-state index in [9.17, 15) is 24.6 Å². The number of benzene rings is 4. The van der Waals surface area contributed by atoms with Gasteiger partial charge >= 0.3 is 11.8 Å². The zero-order valence-corrected chi connectivity index (χ0v) is 36.7. The molecule has 9 rings (SSSR count). The minimum Gasteiger partial charge on any atom is -0.506 e. The summed E-state index contributed by atoms with van der Waals surface area (Å²) < 4.78 is 14.4. The normalized spacial score (nSPS) is 18.5. The van der Waals surface area contributed by atoms with Gasteiger partial charge in [-0.2, -0.15) is 0 Å². The summed E-state index contributed by atoms with van der Waals surface area (Å²) in [5.41, 5.74) is 6.75. The quantitative estimate of drug-likeness (QED) is 0.0788. The Kier molecular flexibility index (Phi) is 11.9. The van der Waals surface area contributed by atoms with Gasteiger partial charge in [-0.3, -0.25) is 14.3 Å². The number of phenolic OH excluding ortho intramolecular Hbond substituents is 1. The third-order valence-corrected chi connectivity index (χ3v) is 17.8. The molecule has 3 saturated heterocycles. The molecule has 0 saturated carbocycles. The average Bonchev–Trinajstić information content (AvgIpc) is 3.55. The van der Waals surface area contributed by atoms with E-state index in [2.05, 4.69) is 55.1 Å². The number of H-pyrrole nitrogens is 1. The summed E-state index contributed by atoms with van der Waals surface area (Å²) in [4.78, 5) is 45.3. The van der Waals surface area contributed by atoms with Crippen LogP contribution in [0.3, 0.4) is 0 Å². The van der Waals surface area contributed by atoms with E-state index in [1.807, 2.05) is 66.7 Å². The predicted molar refractivity (Wildman–Crippen MR) is 243 cm³/mol. The molecule has 1 amide bonds. The smallest absolute Gasteiger partial charge is 0.419 e. The number of fused-ring (bicyclic) bond motifs is 5. The summed E-state index contributed by atoms with van der Waals surface area (Å²) in [5, 5.41) is 25.6.